The van der Waals surface area contributed by atoms with Crippen LogP contribution in [0.5, 0.6) is 0 Å². The third-order valence-electron chi connectivity index (χ3n) is 1.98. The molecule has 0 fully saturated rings. The summed E-state index contributed by atoms with van der Waals surface area (Å²) in [6, 6.07) is 0. The number of alkyl halides is 1. The Morgan fingerprint density at radius 3 is 3.00 bits per heavy atom. The summed E-state index contributed by atoms with van der Waals surface area (Å²) in [7, 11) is 1.80. The van der Waals surface area contributed by atoms with Gasteiger partial charge < -0.3 is 9.88 Å². The number of nitrogens with one attached hydrogen (secondary N) is 1. The number of nitrogens with zero attached hydrogens (tertiary/aromatic N) is 2. The van der Waals surface area contributed by atoms with Crippen molar-refractivity contribution in [2.24, 2.45) is 7.05 Å². The molecule has 14 heavy (non-hydrogen) atoms. The molecule has 0 aliphatic rings. The van der Waals surface area contributed by atoms with Crippen molar-refractivity contribution in [2.75, 3.05) is 6.54 Å². The summed E-state index contributed by atoms with van der Waals surface area (Å²) in [4.78, 5) is 15.8. The third-order valence-corrected chi connectivity index (χ3v) is 2.95. The van der Waals surface area contributed by atoms with E-state index in [1.54, 1.807) is 24.1 Å². The van der Waals surface area contributed by atoms with Gasteiger partial charge in [0.25, 0.3) is 5.91 Å². The van der Waals surface area contributed by atoms with Gasteiger partial charge in [0.15, 0.2) is 0 Å². The lowest BCUT2D eigenvalue weighted by molar-refractivity contribution is 0.0945. The number of halogens is 1. The first-order valence-electron chi connectivity index (χ1n) is 4.53. The molecule has 1 amide bonds. The Balaban J connectivity index is 2.47. The van der Waals surface area contributed by atoms with Crippen LogP contribution in [-0.2, 0) is 7.05 Å². The Hall–Kier alpha value is -0.840. The zero-order valence-corrected chi connectivity index (χ0v) is 9.91. The second kappa shape index (κ2) is 5.14. The molecule has 78 valence electrons. The minimum atomic E-state index is -0.0806. The van der Waals surface area contributed by atoms with Crippen LogP contribution >= 0.6 is 15.9 Å². The van der Waals surface area contributed by atoms with E-state index in [-0.39, 0.29) is 5.91 Å². The number of carbonyl (C=O) groups is 1. The normalized spacial score (nSPS) is 12.5. The van der Waals surface area contributed by atoms with Crippen molar-refractivity contribution < 1.29 is 4.79 Å². The summed E-state index contributed by atoms with van der Waals surface area (Å²) in [6.45, 7) is 2.70. The monoisotopic (exact) mass is 259 g/mol. The molecule has 1 N–H and O–H groups in total. The lowest BCUT2D eigenvalue weighted by Crippen LogP contribution is -2.30. The number of carbonyl (C=O) groups excluding carboxylic acids is 1. The molecule has 1 atom stereocenters. The van der Waals surface area contributed by atoms with E-state index < -0.39 is 0 Å². The quantitative estimate of drug-likeness (QED) is 0.830. The SMILES string of the molecule is CCC(Br)CNC(=O)c1cncn1C. The molecule has 1 unspecified atom stereocenters. The van der Waals surface area contributed by atoms with Crippen LogP contribution in [0, 0.1) is 0 Å². The van der Waals surface area contributed by atoms with Crippen molar-refractivity contribution in [3.63, 3.8) is 0 Å². The van der Waals surface area contributed by atoms with Crippen molar-refractivity contribution >= 4 is 21.8 Å². The fourth-order valence-electron chi connectivity index (χ4n) is 1.01. The summed E-state index contributed by atoms with van der Waals surface area (Å²) < 4.78 is 1.70. The van der Waals surface area contributed by atoms with Gasteiger partial charge in [-0.25, -0.2) is 4.98 Å². The largest absolute Gasteiger partial charge is 0.350 e. The van der Waals surface area contributed by atoms with E-state index in [9.17, 15) is 4.79 Å². The summed E-state index contributed by atoms with van der Waals surface area (Å²) in [5, 5.41) is 2.83. The molecule has 4 nitrogen and oxygen atoms in total. The van der Waals surface area contributed by atoms with Crippen LogP contribution in [0.3, 0.4) is 0 Å². The molecule has 1 heterocycles. The van der Waals surface area contributed by atoms with E-state index in [4.69, 9.17) is 0 Å². The minimum Gasteiger partial charge on any atom is -0.350 e. The standard InChI is InChI=1S/C9H14BrN3O/c1-3-7(10)4-12-9(14)8-5-11-6-13(8)2/h5-7H,3-4H2,1-2H3,(H,12,14). The number of hydrogen-bond acceptors (Lipinski definition) is 2. The molecule has 1 aromatic rings. The van der Waals surface area contributed by atoms with Crippen LogP contribution in [0.1, 0.15) is 23.8 Å². The second-order valence-electron chi connectivity index (χ2n) is 3.11. The molecule has 0 saturated heterocycles. The fourth-order valence-corrected chi connectivity index (χ4v) is 1.18. The highest BCUT2D eigenvalue weighted by atomic mass is 79.9. The number of hydrogen-bond donors (Lipinski definition) is 1. The first kappa shape index (κ1) is 11.2. The number of amides is 1. The Labute approximate surface area is 91.8 Å². The zero-order chi connectivity index (χ0) is 10.6. The molecule has 0 aliphatic heterocycles. The molecule has 0 bridgehead atoms. The predicted octanol–water partition coefficient (Wildman–Crippen LogP) is 1.32. The highest BCUT2D eigenvalue weighted by molar-refractivity contribution is 9.09. The van der Waals surface area contributed by atoms with Crippen molar-refractivity contribution in [3.05, 3.63) is 18.2 Å². The van der Waals surface area contributed by atoms with Crippen LogP contribution in [0.4, 0.5) is 0 Å². The number of aromatic nitrogens is 2. The van der Waals surface area contributed by atoms with E-state index >= 15 is 0 Å². The lowest BCUT2D eigenvalue weighted by atomic mass is 10.3. The molecule has 0 saturated carbocycles. The highest BCUT2D eigenvalue weighted by Gasteiger charge is 2.10. The first-order chi connectivity index (χ1) is 6.65. The van der Waals surface area contributed by atoms with E-state index in [2.05, 4.69) is 33.2 Å². The van der Waals surface area contributed by atoms with Crippen molar-refractivity contribution in [3.8, 4) is 0 Å². The average molecular weight is 260 g/mol. The average Bonchev–Trinajstić information content (AvgIpc) is 2.60. The molecule has 0 spiro atoms. The highest BCUT2D eigenvalue weighted by Crippen LogP contribution is 2.03. The van der Waals surface area contributed by atoms with Crippen LogP contribution in [-0.4, -0.2) is 26.8 Å². The zero-order valence-electron chi connectivity index (χ0n) is 8.33. The Bertz CT molecular complexity index is 311. The smallest absolute Gasteiger partial charge is 0.269 e. The number of aryl methyl sites for hydroxylation is 1. The third kappa shape index (κ3) is 2.83. The van der Waals surface area contributed by atoms with Gasteiger partial charge in [-0.3, -0.25) is 4.79 Å². The summed E-state index contributed by atoms with van der Waals surface area (Å²) in [5.74, 6) is -0.0806. The molecule has 0 aliphatic carbocycles. The van der Waals surface area contributed by atoms with Gasteiger partial charge in [0, 0.05) is 18.4 Å². The molecule has 0 aromatic carbocycles. The summed E-state index contributed by atoms with van der Waals surface area (Å²) in [6.07, 6.45) is 4.16. The Morgan fingerprint density at radius 2 is 2.50 bits per heavy atom. The Kier molecular flexibility index (Phi) is 4.13. The lowest BCUT2D eigenvalue weighted by Gasteiger charge is -2.08. The number of rotatable bonds is 4. The fraction of sp³-hybridized carbons (Fsp3) is 0.556. The van der Waals surface area contributed by atoms with E-state index in [0.717, 1.165) is 6.42 Å². The van der Waals surface area contributed by atoms with Gasteiger partial charge in [0.1, 0.15) is 5.69 Å². The summed E-state index contributed by atoms with van der Waals surface area (Å²) in [5.41, 5.74) is 0.584. The maximum Gasteiger partial charge on any atom is 0.269 e. The maximum atomic E-state index is 11.6. The van der Waals surface area contributed by atoms with E-state index in [0.29, 0.717) is 17.1 Å². The molecule has 1 aromatic heterocycles. The van der Waals surface area contributed by atoms with Gasteiger partial charge in [-0.1, -0.05) is 22.9 Å². The van der Waals surface area contributed by atoms with Crippen LogP contribution < -0.4 is 5.32 Å². The maximum absolute atomic E-state index is 11.6. The van der Waals surface area contributed by atoms with Gasteiger partial charge in [0.05, 0.1) is 12.5 Å². The topological polar surface area (TPSA) is 46.9 Å². The number of imidazole rings is 1. The van der Waals surface area contributed by atoms with Crippen LogP contribution in [0.15, 0.2) is 12.5 Å². The summed E-state index contributed by atoms with van der Waals surface area (Å²) >= 11 is 3.45. The van der Waals surface area contributed by atoms with Gasteiger partial charge in [0.2, 0.25) is 0 Å². The molecule has 5 heteroatoms. The van der Waals surface area contributed by atoms with Crippen molar-refractivity contribution in [2.45, 2.75) is 18.2 Å². The minimum absolute atomic E-state index is 0.0806. The van der Waals surface area contributed by atoms with Gasteiger partial charge in [-0.05, 0) is 6.42 Å². The van der Waals surface area contributed by atoms with E-state index in [1.165, 1.54) is 0 Å². The second-order valence-corrected chi connectivity index (χ2v) is 4.40. The molecular weight excluding hydrogens is 246 g/mol. The predicted molar refractivity (Wildman–Crippen MR) is 58.5 cm³/mol. The molecule has 1 rings (SSSR count). The van der Waals surface area contributed by atoms with Crippen molar-refractivity contribution in [1.29, 1.82) is 0 Å². The van der Waals surface area contributed by atoms with Gasteiger partial charge in [-0.2, -0.15) is 0 Å². The van der Waals surface area contributed by atoms with Gasteiger partial charge >= 0.3 is 0 Å². The van der Waals surface area contributed by atoms with E-state index in [1.807, 2.05) is 0 Å². The first-order valence-corrected chi connectivity index (χ1v) is 5.45. The van der Waals surface area contributed by atoms with Crippen LogP contribution in [0.25, 0.3) is 0 Å². The van der Waals surface area contributed by atoms with Crippen LogP contribution in [0.2, 0.25) is 0 Å². The Morgan fingerprint density at radius 1 is 1.79 bits per heavy atom. The van der Waals surface area contributed by atoms with Gasteiger partial charge in [-0.15, -0.1) is 0 Å². The molecule has 0 radical (unpaired) electrons. The molecular formula is C9H14BrN3O. The van der Waals surface area contributed by atoms with Crippen molar-refractivity contribution in [1.82, 2.24) is 14.9 Å².